The van der Waals surface area contributed by atoms with Crippen molar-refractivity contribution in [3.05, 3.63) is 66.0 Å². The highest BCUT2D eigenvalue weighted by Gasteiger charge is 2.35. The van der Waals surface area contributed by atoms with E-state index in [2.05, 4.69) is 5.32 Å². The van der Waals surface area contributed by atoms with Crippen molar-refractivity contribution in [2.75, 3.05) is 18.0 Å². The number of carbonyl (C=O) groups excluding carboxylic acids is 2. The van der Waals surface area contributed by atoms with Crippen LogP contribution >= 0.6 is 0 Å². The summed E-state index contributed by atoms with van der Waals surface area (Å²) in [5.41, 5.74) is 1.65. The Balaban J connectivity index is 1.54. The second-order valence-corrected chi connectivity index (χ2v) is 5.91. The summed E-state index contributed by atoms with van der Waals surface area (Å²) in [5, 5.41) is 2.89. The molecule has 0 bridgehead atoms. The van der Waals surface area contributed by atoms with E-state index in [4.69, 9.17) is 0 Å². The van der Waals surface area contributed by atoms with Gasteiger partial charge < -0.3 is 10.2 Å². The Morgan fingerprint density at radius 1 is 1.17 bits per heavy atom. The summed E-state index contributed by atoms with van der Waals surface area (Å²) in [6.07, 6.45) is 0.911. The standard InChI is InChI=1S/C19H19FN2O2/c20-16-7-4-8-17(12-16)22-13-15(11-18(22)23)19(24)21-10-9-14-5-2-1-3-6-14/h1-8,12,15H,9-11,13H2,(H,21,24)/t15-/m1/s1. The molecule has 1 atom stereocenters. The number of nitrogens with zero attached hydrogens (tertiary/aromatic N) is 1. The lowest BCUT2D eigenvalue weighted by atomic mass is 10.1. The summed E-state index contributed by atoms with van der Waals surface area (Å²) in [6.45, 7) is 0.826. The Hall–Kier alpha value is -2.69. The van der Waals surface area contributed by atoms with Crippen LogP contribution in [-0.2, 0) is 16.0 Å². The van der Waals surface area contributed by atoms with Crippen LogP contribution in [0.5, 0.6) is 0 Å². The fraction of sp³-hybridized carbons (Fsp3) is 0.263. The van der Waals surface area contributed by atoms with Gasteiger partial charge >= 0.3 is 0 Å². The highest BCUT2D eigenvalue weighted by molar-refractivity contribution is 6.00. The van der Waals surface area contributed by atoms with E-state index in [1.54, 1.807) is 12.1 Å². The number of rotatable bonds is 5. The minimum atomic E-state index is -0.393. The summed E-state index contributed by atoms with van der Waals surface area (Å²) in [4.78, 5) is 25.9. The average molecular weight is 326 g/mol. The lowest BCUT2D eigenvalue weighted by Crippen LogP contribution is -2.34. The SMILES string of the molecule is O=C(NCCc1ccccc1)[C@@H]1CC(=O)N(c2cccc(F)c2)C1. The third kappa shape index (κ3) is 3.79. The van der Waals surface area contributed by atoms with Crippen LogP contribution in [0.25, 0.3) is 0 Å². The molecule has 0 radical (unpaired) electrons. The van der Waals surface area contributed by atoms with Gasteiger partial charge in [-0.25, -0.2) is 4.39 Å². The minimum Gasteiger partial charge on any atom is -0.355 e. The number of nitrogens with one attached hydrogen (secondary N) is 1. The molecular weight excluding hydrogens is 307 g/mol. The van der Waals surface area contributed by atoms with Crippen LogP contribution in [0, 0.1) is 11.7 Å². The molecule has 5 heteroatoms. The number of halogens is 1. The molecule has 0 aromatic heterocycles. The summed E-state index contributed by atoms with van der Waals surface area (Å²) >= 11 is 0. The van der Waals surface area contributed by atoms with Crippen LogP contribution in [-0.4, -0.2) is 24.9 Å². The quantitative estimate of drug-likeness (QED) is 0.918. The van der Waals surface area contributed by atoms with E-state index in [0.29, 0.717) is 18.8 Å². The Bertz CT molecular complexity index is 733. The third-order valence-electron chi connectivity index (χ3n) is 4.17. The molecule has 3 rings (SSSR count). The maximum Gasteiger partial charge on any atom is 0.227 e. The van der Waals surface area contributed by atoms with Crippen molar-refractivity contribution in [2.45, 2.75) is 12.8 Å². The van der Waals surface area contributed by atoms with Gasteiger partial charge in [-0.1, -0.05) is 36.4 Å². The molecule has 1 aliphatic heterocycles. The van der Waals surface area contributed by atoms with E-state index in [-0.39, 0.29) is 18.2 Å². The molecule has 2 aromatic carbocycles. The molecular formula is C19H19FN2O2. The van der Waals surface area contributed by atoms with Gasteiger partial charge in [0.2, 0.25) is 11.8 Å². The molecule has 1 aliphatic rings. The van der Waals surface area contributed by atoms with Crippen molar-refractivity contribution in [1.29, 1.82) is 0 Å². The number of benzene rings is 2. The molecule has 0 saturated carbocycles. The Labute approximate surface area is 140 Å². The van der Waals surface area contributed by atoms with Gasteiger partial charge in [0.15, 0.2) is 0 Å². The van der Waals surface area contributed by atoms with Crippen LogP contribution in [0.2, 0.25) is 0 Å². The molecule has 0 unspecified atom stereocenters. The monoisotopic (exact) mass is 326 g/mol. The highest BCUT2D eigenvalue weighted by Crippen LogP contribution is 2.25. The normalized spacial score (nSPS) is 17.1. The number of hydrogen-bond donors (Lipinski definition) is 1. The fourth-order valence-corrected chi connectivity index (χ4v) is 2.90. The van der Waals surface area contributed by atoms with Crippen molar-refractivity contribution < 1.29 is 14.0 Å². The van der Waals surface area contributed by atoms with Crippen molar-refractivity contribution in [3.63, 3.8) is 0 Å². The zero-order chi connectivity index (χ0) is 16.9. The summed E-state index contributed by atoms with van der Waals surface area (Å²) < 4.78 is 13.3. The Kier molecular flexibility index (Phi) is 4.89. The first-order valence-corrected chi connectivity index (χ1v) is 8.01. The molecule has 24 heavy (non-hydrogen) atoms. The van der Waals surface area contributed by atoms with Gasteiger partial charge in [-0.2, -0.15) is 0 Å². The van der Waals surface area contributed by atoms with E-state index in [1.165, 1.54) is 17.0 Å². The molecule has 2 aromatic rings. The highest BCUT2D eigenvalue weighted by atomic mass is 19.1. The Morgan fingerprint density at radius 3 is 2.71 bits per heavy atom. The zero-order valence-corrected chi connectivity index (χ0v) is 13.2. The first kappa shape index (κ1) is 16.2. The summed E-state index contributed by atoms with van der Waals surface area (Å²) in [5.74, 6) is -1.06. The lowest BCUT2D eigenvalue weighted by molar-refractivity contribution is -0.126. The van der Waals surface area contributed by atoms with Crippen LogP contribution < -0.4 is 10.2 Å². The molecule has 1 saturated heterocycles. The first-order valence-electron chi connectivity index (χ1n) is 8.01. The largest absolute Gasteiger partial charge is 0.355 e. The van der Waals surface area contributed by atoms with Gasteiger partial charge in [-0.15, -0.1) is 0 Å². The number of carbonyl (C=O) groups is 2. The zero-order valence-electron chi connectivity index (χ0n) is 13.2. The van der Waals surface area contributed by atoms with Crippen molar-refractivity contribution in [2.24, 2.45) is 5.92 Å². The molecule has 0 aliphatic carbocycles. The summed E-state index contributed by atoms with van der Waals surface area (Å²) in [7, 11) is 0. The first-order chi connectivity index (χ1) is 11.6. The predicted octanol–water partition coefficient (Wildman–Crippen LogP) is 2.54. The molecule has 1 N–H and O–H groups in total. The minimum absolute atomic E-state index is 0.127. The predicted molar refractivity (Wildman–Crippen MR) is 90.0 cm³/mol. The third-order valence-corrected chi connectivity index (χ3v) is 4.17. The summed E-state index contributed by atoms with van der Waals surface area (Å²) in [6, 6.07) is 15.8. The topological polar surface area (TPSA) is 49.4 Å². The fourth-order valence-electron chi connectivity index (χ4n) is 2.90. The lowest BCUT2D eigenvalue weighted by Gasteiger charge is -2.16. The number of hydrogen-bond acceptors (Lipinski definition) is 2. The van der Waals surface area contributed by atoms with E-state index in [1.807, 2.05) is 30.3 Å². The van der Waals surface area contributed by atoms with Crippen LogP contribution in [0.3, 0.4) is 0 Å². The van der Waals surface area contributed by atoms with E-state index in [0.717, 1.165) is 12.0 Å². The molecule has 2 amide bonds. The van der Waals surface area contributed by atoms with E-state index < -0.39 is 11.7 Å². The van der Waals surface area contributed by atoms with E-state index >= 15 is 0 Å². The Morgan fingerprint density at radius 2 is 1.96 bits per heavy atom. The van der Waals surface area contributed by atoms with Crippen molar-refractivity contribution in [3.8, 4) is 0 Å². The average Bonchev–Trinajstić information content (AvgIpc) is 2.98. The van der Waals surface area contributed by atoms with Gasteiger partial charge in [0.05, 0.1) is 5.92 Å². The number of anilines is 1. The molecule has 4 nitrogen and oxygen atoms in total. The second-order valence-electron chi connectivity index (χ2n) is 5.91. The van der Waals surface area contributed by atoms with Crippen LogP contribution in [0.1, 0.15) is 12.0 Å². The van der Waals surface area contributed by atoms with Gasteiger partial charge in [0.25, 0.3) is 0 Å². The van der Waals surface area contributed by atoms with Crippen LogP contribution in [0.4, 0.5) is 10.1 Å². The van der Waals surface area contributed by atoms with Gasteiger partial charge in [0, 0.05) is 25.2 Å². The number of amides is 2. The van der Waals surface area contributed by atoms with Crippen molar-refractivity contribution >= 4 is 17.5 Å². The maximum absolute atomic E-state index is 13.3. The molecule has 124 valence electrons. The van der Waals surface area contributed by atoms with Crippen molar-refractivity contribution in [1.82, 2.24) is 5.32 Å². The molecule has 1 fully saturated rings. The van der Waals surface area contributed by atoms with E-state index in [9.17, 15) is 14.0 Å². The van der Waals surface area contributed by atoms with Gasteiger partial charge in [0.1, 0.15) is 5.82 Å². The van der Waals surface area contributed by atoms with Crippen LogP contribution in [0.15, 0.2) is 54.6 Å². The second kappa shape index (κ2) is 7.25. The van der Waals surface area contributed by atoms with Gasteiger partial charge in [-0.05, 0) is 30.2 Å². The molecule has 1 heterocycles. The molecule has 0 spiro atoms. The maximum atomic E-state index is 13.3. The smallest absolute Gasteiger partial charge is 0.227 e. The van der Waals surface area contributed by atoms with Gasteiger partial charge in [-0.3, -0.25) is 9.59 Å².